The van der Waals surface area contributed by atoms with E-state index >= 15 is 0 Å². The number of amides is 4. The SMILES string of the molecule is CC(C)(C)C[C@H](CC(=O)C1CCC(C#N)CC1)C(=O)N[C@@H](C#N)C[C@@H]1CCNC1=O.CC(C)(C)C[C@H](CC(=O)C1CCC(C#N)CC1)C(=O)N[C@H](C#N)C[C@@H]1CCNC1=O. The van der Waals surface area contributed by atoms with E-state index in [-0.39, 0.29) is 94.4 Å². The summed E-state index contributed by atoms with van der Waals surface area (Å²) in [5, 5.41) is 48.1. The standard InChI is InChI=1S/2C23H34N4O3/c2*1-23(2,3)12-18(11-20(28)16-6-4-15(13-24)5-7-16)22(30)27-19(14-25)10-17-8-9-26-21(17)29/h2*15-19H,4-12H2,1-3H3,(H,26,29)(H,27,30)/t15?,16?,17-,18-,19+;15?,16?,17-,18-,19-/m00/s1. The maximum absolute atomic E-state index is 13.0. The van der Waals surface area contributed by atoms with Crippen LogP contribution in [0.4, 0.5) is 0 Å². The molecule has 4 fully saturated rings. The molecule has 4 rings (SSSR count). The lowest BCUT2D eigenvalue weighted by Gasteiger charge is -2.29. The number of nitriles is 4. The maximum Gasteiger partial charge on any atom is 0.224 e. The van der Waals surface area contributed by atoms with Crippen LogP contribution in [0.1, 0.15) is 144 Å². The predicted octanol–water partition coefficient (Wildman–Crippen LogP) is 5.73. The van der Waals surface area contributed by atoms with Crippen molar-refractivity contribution in [3.63, 3.8) is 0 Å². The molecule has 14 heteroatoms. The Hall–Kier alpha value is -4.82. The monoisotopic (exact) mass is 829 g/mol. The van der Waals surface area contributed by atoms with Crippen LogP contribution in [-0.2, 0) is 28.8 Å². The summed E-state index contributed by atoms with van der Waals surface area (Å²) in [6.45, 7) is 13.4. The number of carbonyl (C=O) groups is 6. The molecule has 2 saturated carbocycles. The van der Waals surface area contributed by atoms with Gasteiger partial charge in [0.2, 0.25) is 23.6 Å². The smallest absolute Gasteiger partial charge is 0.224 e. The van der Waals surface area contributed by atoms with E-state index in [0.29, 0.717) is 77.3 Å². The molecule has 2 aliphatic carbocycles. The minimum Gasteiger partial charge on any atom is -0.356 e. The molecule has 2 heterocycles. The van der Waals surface area contributed by atoms with E-state index in [2.05, 4.69) is 45.5 Å². The fourth-order valence-corrected chi connectivity index (χ4v) is 9.08. The van der Waals surface area contributed by atoms with Gasteiger partial charge in [-0.15, -0.1) is 0 Å². The van der Waals surface area contributed by atoms with E-state index in [1.807, 2.05) is 41.5 Å². The molecule has 0 spiro atoms. The first-order valence-electron chi connectivity index (χ1n) is 22.1. The lowest BCUT2D eigenvalue weighted by molar-refractivity contribution is -0.133. The molecule has 0 radical (unpaired) electrons. The van der Waals surface area contributed by atoms with Gasteiger partial charge in [-0.3, -0.25) is 28.8 Å². The minimum atomic E-state index is -0.741. The molecule has 4 aliphatic rings. The van der Waals surface area contributed by atoms with Gasteiger partial charge in [0.25, 0.3) is 0 Å². The summed E-state index contributed by atoms with van der Waals surface area (Å²) < 4.78 is 0. The summed E-state index contributed by atoms with van der Waals surface area (Å²) in [6.07, 6.45) is 9.11. The van der Waals surface area contributed by atoms with Crippen LogP contribution >= 0.6 is 0 Å². The molecule has 6 atom stereocenters. The molecule has 2 aliphatic heterocycles. The van der Waals surface area contributed by atoms with Crippen LogP contribution in [0, 0.1) is 103 Å². The molecule has 0 unspecified atom stereocenters. The number of hydrogen-bond acceptors (Lipinski definition) is 10. The number of Topliss-reactive ketones (excluding diaryl/α,β-unsaturated/α-hetero) is 2. The van der Waals surface area contributed by atoms with Gasteiger partial charge in [-0.2, -0.15) is 21.0 Å². The second kappa shape index (κ2) is 23.3. The van der Waals surface area contributed by atoms with Crippen LogP contribution in [0.25, 0.3) is 0 Å². The van der Waals surface area contributed by atoms with Crippen LogP contribution in [-0.4, -0.2) is 60.4 Å². The molecule has 328 valence electrons. The van der Waals surface area contributed by atoms with Crippen LogP contribution in [0.15, 0.2) is 0 Å². The summed E-state index contributed by atoms with van der Waals surface area (Å²) in [4.78, 5) is 75.4. The first kappa shape index (κ1) is 49.5. The zero-order valence-electron chi connectivity index (χ0n) is 36.7. The molecule has 0 aromatic carbocycles. The van der Waals surface area contributed by atoms with Gasteiger partial charge in [0, 0.05) is 73.3 Å². The zero-order chi connectivity index (χ0) is 44.6. The van der Waals surface area contributed by atoms with Crippen LogP contribution in [0.5, 0.6) is 0 Å². The van der Waals surface area contributed by atoms with Crippen LogP contribution in [0.3, 0.4) is 0 Å². The van der Waals surface area contributed by atoms with Crippen molar-refractivity contribution in [1.29, 1.82) is 21.0 Å². The number of nitrogens with zero attached hydrogens (tertiary/aromatic N) is 4. The average molecular weight is 829 g/mol. The van der Waals surface area contributed by atoms with Gasteiger partial charge < -0.3 is 21.3 Å². The molecular formula is C46H68N8O6. The number of hydrogen-bond donors (Lipinski definition) is 4. The molecule has 0 aromatic heterocycles. The van der Waals surface area contributed by atoms with Crippen molar-refractivity contribution in [3.05, 3.63) is 0 Å². The highest BCUT2D eigenvalue weighted by Crippen LogP contribution is 2.35. The van der Waals surface area contributed by atoms with E-state index in [1.165, 1.54) is 0 Å². The first-order valence-corrected chi connectivity index (χ1v) is 22.1. The van der Waals surface area contributed by atoms with Gasteiger partial charge >= 0.3 is 0 Å². The molecular weight excluding hydrogens is 761 g/mol. The molecule has 60 heavy (non-hydrogen) atoms. The lowest BCUT2D eigenvalue weighted by atomic mass is 9.76. The van der Waals surface area contributed by atoms with Gasteiger partial charge in [0.05, 0.1) is 24.3 Å². The van der Waals surface area contributed by atoms with Crippen molar-refractivity contribution in [2.75, 3.05) is 13.1 Å². The third-order valence-electron chi connectivity index (χ3n) is 12.4. The Morgan fingerprint density at radius 2 is 0.917 bits per heavy atom. The normalized spacial score (nSPS) is 26.0. The summed E-state index contributed by atoms with van der Waals surface area (Å²) in [6, 6.07) is 7.27. The van der Waals surface area contributed by atoms with E-state index < -0.39 is 23.9 Å². The Kier molecular flexibility index (Phi) is 19.2. The van der Waals surface area contributed by atoms with Gasteiger partial charge in [0.15, 0.2) is 0 Å². The Labute approximate surface area is 357 Å². The highest BCUT2D eigenvalue weighted by molar-refractivity contribution is 5.89. The summed E-state index contributed by atoms with van der Waals surface area (Å²) >= 11 is 0. The minimum absolute atomic E-state index is 0.0342. The van der Waals surface area contributed by atoms with Gasteiger partial charge in [0.1, 0.15) is 23.7 Å². The number of ketones is 2. The quantitative estimate of drug-likeness (QED) is 0.147. The third kappa shape index (κ3) is 16.7. The van der Waals surface area contributed by atoms with Crippen LogP contribution < -0.4 is 21.3 Å². The highest BCUT2D eigenvalue weighted by atomic mass is 16.2. The third-order valence-corrected chi connectivity index (χ3v) is 12.4. The Morgan fingerprint density at radius 1 is 0.583 bits per heavy atom. The molecule has 0 aromatic rings. The van der Waals surface area contributed by atoms with Crippen molar-refractivity contribution in [1.82, 2.24) is 21.3 Å². The fourth-order valence-electron chi connectivity index (χ4n) is 9.08. The first-order chi connectivity index (χ1) is 28.2. The molecule has 2 saturated heterocycles. The topological polar surface area (TPSA) is 246 Å². The van der Waals surface area contributed by atoms with E-state index in [1.54, 1.807) is 0 Å². The molecule has 14 nitrogen and oxygen atoms in total. The Balaban J connectivity index is 0.000000320. The molecule has 4 amide bonds. The van der Waals surface area contributed by atoms with Crippen molar-refractivity contribution in [2.45, 2.75) is 156 Å². The van der Waals surface area contributed by atoms with Crippen molar-refractivity contribution < 1.29 is 28.8 Å². The zero-order valence-corrected chi connectivity index (χ0v) is 36.7. The van der Waals surface area contributed by atoms with E-state index in [9.17, 15) is 39.3 Å². The predicted molar refractivity (Wildman–Crippen MR) is 223 cm³/mol. The van der Waals surface area contributed by atoms with Gasteiger partial charge in [-0.25, -0.2) is 0 Å². The second-order valence-corrected chi connectivity index (χ2v) is 20.0. The largest absolute Gasteiger partial charge is 0.356 e. The molecule has 4 N–H and O–H groups in total. The summed E-state index contributed by atoms with van der Waals surface area (Å²) in [5.41, 5.74) is -0.289. The van der Waals surface area contributed by atoms with E-state index in [0.717, 1.165) is 25.7 Å². The Morgan fingerprint density at radius 3 is 1.17 bits per heavy atom. The number of rotatable bonds is 16. The average Bonchev–Trinajstić information content (AvgIpc) is 3.81. The lowest BCUT2D eigenvalue weighted by Crippen LogP contribution is -2.42. The van der Waals surface area contributed by atoms with Crippen molar-refractivity contribution >= 4 is 35.2 Å². The van der Waals surface area contributed by atoms with Gasteiger partial charge in [-0.05, 0) is 101 Å². The van der Waals surface area contributed by atoms with Crippen molar-refractivity contribution in [2.24, 2.45) is 58.2 Å². The fraction of sp³-hybridized carbons (Fsp3) is 0.783. The van der Waals surface area contributed by atoms with Crippen molar-refractivity contribution in [3.8, 4) is 24.3 Å². The second-order valence-electron chi connectivity index (χ2n) is 20.0. The summed E-state index contributed by atoms with van der Waals surface area (Å²) in [7, 11) is 0. The number of carbonyl (C=O) groups excluding carboxylic acids is 6. The van der Waals surface area contributed by atoms with Gasteiger partial charge in [-0.1, -0.05) is 41.5 Å². The van der Waals surface area contributed by atoms with E-state index in [4.69, 9.17) is 10.5 Å². The summed E-state index contributed by atoms with van der Waals surface area (Å²) in [5.74, 6) is -2.16. The Bertz CT molecular complexity index is 1560. The van der Waals surface area contributed by atoms with Crippen LogP contribution in [0.2, 0.25) is 0 Å². The molecule has 0 bridgehead atoms. The number of nitrogens with one attached hydrogen (secondary N) is 4. The highest BCUT2D eigenvalue weighted by Gasteiger charge is 2.36. The maximum atomic E-state index is 13.0.